The first-order valence-electron chi connectivity index (χ1n) is 32.1. The third-order valence-electron chi connectivity index (χ3n) is 17.0. The lowest BCUT2D eigenvalue weighted by Gasteiger charge is -2.29. The zero-order valence-corrected chi connectivity index (χ0v) is 62.3. The quantitative estimate of drug-likeness (QED) is 0.0163. The first kappa shape index (κ1) is 76.9. The minimum atomic E-state index is -4.21. The molecular formula is C77H86O16S6. The van der Waals surface area contributed by atoms with E-state index in [-0.39, 0.29) is 37.5 Å². The van der Waals surface area contributed by atoms with E-state index in [9.17, 15) is 42.8 Å². The molecule has 0 aliphatic heterocycles. The highest BCUT2D eigenvalue weighted by molar-refractivity contribution is 8.08. The van der Waals surface area contributed by atoms with Gasteiger partial charge in [0.1, 0.15) is 51.8 Å². The maximum absolute atomic E-state index is 14.2. The molecule has 0 aliphatic rings. The number of rotatable bonds is 35. The van der Waals surface area contributed by atoms with E-state index in [1.165, 1.54) is 79.2 Å². The maximum atomic E-state index is 14.2. The Kier molecular flexibility index (Phi) is 25.7. The third kappa shape index (κ3) is 20.2. The molecule has 0 saturated heterocycles. The van der Waals surface area contributed by atoms with Crippen LogP contribution in [0.2, 0.25) is 0 Å². The Hall–Kier alpha value is -7.80. The van der Waals surface area contributed by atoms with E-state index in [1.807, 2.05) is 77.1 Å². The Morgan fingerprint density at radius 3 is 1.36 bits per heavy atom. The van der Waals surface area contributed by atoms with Gasteiger partial charge in [0.25, 0.3) is 20.2 Å². The molecule has 0 radical (unpaired) electrons. The van der Waals surface area contributed by atoms with Crippen LogP contribution in [0.25, 0.3) is 4.91 Å². The highest BCUT2D eigenvalue weighted by Gasteiger charge is 2.30. The molecule has 0 heterocycles. The molecule has 22 heteroatoms. The van der Waals surface area contributed by atoms with Gasteiger partial charge in [0.05, 0.1) is 51.4 Å². The molecule has 0 unspecified atom stereocenters. The van der Waals surface area contributed by atoms with Crippen molar-refractivity contribution in [3.8, 4) is 46.0 Å². The molecule has 16 nitrogen and oxygen atoms in total. The number of thioether (sulfide) groups is 2. The Labute approximate surface area is 593 Å². The van der Waals surface area contributed by atoms with Gasteiger partial charge in [-0.3, -0.25) is 9.11 Å². The smallest absolute Gasteiger partial charge is 0.265 e. The summed E-state index contributed by atoms with van der Waals surface area (Å²) in [6, 6.07) is 45.1. The monoisotopic (exact) mass is 1460 g/mol. The molecule has 0 fully saturated rings. The summed E-state index contributed by atoms with van der Waals surface area (Å²) < 4.78 is 157. The van der Waals surface area contributed by atoms with Crippen LogP contribution in [0, 0.1) is 27.7 Å². The van der Waals surface area contributed by atoms with Crippen LogP contribution in [-0.4, -0.2) is 86.1 Å². The molecule has 0 aliphatic carbocycles. The summed E-state index contributed by atoms with van der Waals surface area (Å²) in [4.78, 5) is 0.976. The zero-order valence-electron chi connectivity index (χ0n) is 57.4. The summed E-state index contributed by atoms with van der Waals surface area (Å²) in [6.45, 7) is 27.3. The van der Waals surface area contributed by atoms with Gasteiger partial charge in [0.2, 0.25) is 19.7 Å². The van der Waals surface area contributed by atoms with Crippen molar-refractivity contribution in [3.05, 3.63) is 244 Å². The average molecular weight is 1460 g/mol. The second kappa shape index (κ2) is 33.1. The number of sulfone groups is 2. The van der Waals surface area contributed by atoms with Gasteiger partial charge in [-0.1, -0.05) is 83.3 Å². The number of unbranched alkanes of at least 4 members (excludes halogenated alkanes) is 2. The topological polar surface area (TPSA) is 232 Å². The van der Waals surface area contributed by atoms with Crippen LogP contribution in [0.15, 0.2) is 208 Å². The van der Waals surface area contributed by atoms with E-state index >= 15 is 0 Å². The molecule has 0 amide bonds. The predicted molar refractivity (Wildman–Crippen MR) is 397 cm³/mol. The van der Waals surface area contributed by atoms with Gasteiger partial charge in [-0.15, -0.1) is 11.8 Å². The summed E-state index contributed by atoms with van der Waals surface area (Å²) in [5, 5.41) is 0. The van der Waals surface area contributed by atoms with E-state index in [1.54, 1.807) is 54.6 Å². The highest BCUT2D eigenvalue weighted by atomic mass is 32.2. The van der Waals surface area contributed by atoms with Gasteiger partial charge < -0.3 is 28.4 Å². The summed E-state index contributed by atoms with van der Waals surface area (Å²) in [7, 11) is -14.6. The number of hydrogen-bond acceptors (Lipinski definition) is 16. The normalized spacial score (nSPS) is 12.4. The first-order chi connectivity index (χ1) is 46.7. The maximum Gasteiger partial charge on any atom is 0.265 e. The summed E-state index contributed by atoms with van der Waals surface area (Å²) in [5.41, 5.74) is 7.84. The van der Waals surface area contributed by atoms with E-state index in [0.29, 0.717) is 81.2 Å². The predicted octanol–water partition coefficient (Wildman–Crippen LogP) is 18.4. The summed E-state index contributed by atoms with van der Waals surface area (Å²) >= 11 is 2.67. The van der Waals surface area contributed by atoms with Gasteiger partial charge in [-0.2, -0.15) is 28.6 Å². The molecule has 8 rings (SSSR count). The lowest BCUT2D eigenvalue weighted by Crippen LogP contribution is -2.20. The first-order valence-corrected chi connectivity index (χ1v) is 40.4. The highest BCUT2D eigenvalue weighted by Crippen LogP contribution is 2.44. The SMILES string of the molecule is C=C/C(=C\C)OCCCCCOc1ccc(C(C)(C)c2ccc(Oc3ccc(S(=O)(=O)c4ccc(Oc5c(C)cc(C(C)(C)c6cc(C)c(Oc7ccc(S(=O)(=O)c8ccc(OC)cc8)cc7)c(C)c6)cc5C)cc4)cc3)c(CSCCCS(=O)(=O)O)c2)cc1C(=C)SCCS(=O)(=O)O. The van der Waals surface area contributed by atoms with Crippen LogP contribution >= 0.6 is 23.5 Å². The number of allylic oxidation sites excluding steroid dienone is 2. The lowest BCUT2D eigenvalue weighted by atomic mass is 9.76. The molecule has 0 saturated carbocycles. The Balaban J connectivity index is 0.943. The molecule has 99 heavy (non-hydrogen) atoms. The van der Waals surface area contributed by atoms with Gasteiger partial charge in [0, 0.05) is 38.4 Å². The van der Waals surface area contributed by atoms with Crippen LogP contribution in [-0.2, 0) is 61.2 Å². The Morgan fingerprint density at radius 2 is 0.919 bits per heavy atom. The van der Waals surface area contributed by atoms with E-state index in [4.69, 9.17) is 28.4 Å². The van der Waals surface area contributed by atoms with Crippen LogP contribution in [0.5, 0.6) is 46.0 Å². The Morgan fingerprint density at radius 1 is 0.495 bits per heavy atom. The number of hydrogen-bond donors (Lipinski definition) is 2. The molecule has 8 aromatic rings. The van der Waals surface area contributed by atoms with Crippen molar-refractivity contribution in [1.82, 2.24) is 0 Å². The Bertz CT molecular complexity index is 4650. The molecular weight excluding hydrogens is 1370 g/mol. The van der Waals surface area contributed by atoms with Crippen LogP contribution in [0.4, 0.5) is 0 Å². The van der Waals surface area contributed by atoms with Crippen LogP contribution in [0.1, 0.15) is 116 Å². The fourth-order valence-electron chi connectivity index (χ4n) is 11.1. The summed E-state index contributed by atoms with van der Waals surface area (Å²) in [5.74, 6) is 5.04. The van der Waals surface area contributed by atoms with E-state index < -0.39 is 56.5 Å². The van der Waals surface area contributed by atoms with Crippen molar-refractivity contribution in [2.75, 3.05) is 43.3 Å². The second-order valence-electron chi connectivity index (χ2n) is 25.0. The number of benzene rings is 8. The molecule has 0 aromatic heterocycles. The largest absolute Gasteiger partial charge is 0.497 e. The molecule has 0 atom stereocenters. The van der Waals surface area contributed by atoms with Crippen LogP contribution in [0.3, 0.4) is 0 Å². The van der Waals surface area contributed by atoms with E-state index in [0.717, 1.165) is 75.1 Å². The minimum absolute atomic E-state index is 0.0441. The van der Waals surface area contributed by atoms with Crippen molar-refractivity contribution in [3.63, 3.8) is 0 Å². The molecule has 8 aromatic carbocycles. The van der Waals surface area contributed by atoms with Crippen molar-refractivity contribution in [2.24, 2.45) is 0 Å². The van der Waals surface area contributed by atoms with Crippen molar-refractivity contribution >= 4 is 68.3 Å². The fraction of sp³-hybridized carbons (Fsp3) is 0.299. The van der Waals surface area contributed by atoms with Gasteiger partial charge >= 0.3 is 0 Å². The van der Waals surface area contributed by atoms with Crippen molar-refractivity contribution in [2.45, 2.75) is 124 Å². The van der Waals surface area contributed by atoms with Gasteiger partial charge in [-0.25, -0.2) is 16.8 Å². The molecule has 0 spiro atoms. The fourth-order valence-corrected chi connectivity index (χ4v) is 16.9. The van der Waals surface area contributed by atoms with Gasteiger partial charge in [0.15, 0.2) is 0 Å². The lowest BCUT2D eigenvalue weighted by molar-refractivity contribution is 0.212. The molecule has 526 valence electrons. The van der Waals surface area contributed by atoms with E-state index in [2.05, 4.69) is 65.1 Å². The van der Waals surface area contributed by atoms with Crippen molar-refractivity contribution < 1.29 is 71.2 Å². The third-order valence-corrected chi connectivity index (χ3v) is 24.4. The number of methoxy groups -OCH3 is 1. The van der Waals surface area contributed by atoms with Gasteiger partial charge in [-0.05, 0) is 238 Å². The molecule has 2 N–H and O–H groups in total. The second-order valence-corrected chi connectivity index (χ2v) is 34.3. The number of aryl methyl sites for hydroxylation is 4. The van der Waals surface area contributed by atoms with Crippen molar-refractivity contribution in [1.29, 1.82) is 0 Å². The average Bonchev–Trinajstić information content (AvgIpc) is 0.785. The van der Waals surface area contributed by atoms with Crippen LogP contribution < -0.4 is 23.7 Å². The standard InChI is InChI=1S/C77H86O16S6/c1-13-62(14-2)89-39-16-15-17-40-90-73-38-20-59(50-71(73)56(7)95-42-44-97(81,82)83)76(8,9)58-19-37-72(57(49-58)51-94-41-18-43-96(78,79)80)91-64-23-31-68(32-24-64)99(86,87)70-35-27-66(28-36-70)93-75-54(5)47-61(48-55(75)6)77(10,11)60-45-52(3)74(53(4)46-60)92-65-25-33-69(34-26-65)98(84,85)67-29-21-63(88-12)22-30-67/h13-14,19-38,45-50H,1,7,15-18,39-44,51H2,2-6,8-12H3,(H,78,79,80)(H,81,82,83)/b62-14+. The summed E-state index contributed by atoms with van der Waals surface area (Å²) in [6.07, 6.45) is 6.17. The molecule has 0 bridgehead atoms. The minimum Gasteiger partial charge on any atom is -0.497 e. The zero-order chi connectivity index (χ0) is 72.1. The number of ether oxygens (including phenoxy) is 6.